The summed E-state index contributed by atoms with van der Waals surface area (Å²) in [6, 6.07) is 5.71. The third kappa shape index (κ3) is 4.46. The zero-order chi connectivity index (χ0) is 15.3. The Labute approximate surface area is 118 Å². The number of thioether (sulfide) groups is 1. The molecule has 0 aliphatic rings. The van der Waals surface area contributed by atoms with Crippen LogP contribution in [-0.2, 0) is 4.79 Å². The number of carboxylic acid groups (broad SMARTS) is 1. The molecule has 8 heteroatoms. The molecule has 0 radical (unpaired) electrons. The molecule has 0 aromatic heterocycles. The first-order valence-electron chi connectivity index (χ1n) is 5.52. The molecule has 1 aromatic rings. The minimum Gasteiger partial charge on any atom is -0.479 e. The molecule has 0 spiro atoms. The lowest BCUT2D eigenvalue weighted by molar-refractivity contribution is -0.155. The molecule has 1 atom stereocenters. The number of halogens is 2. The molecule has 0 aliphatic heterocycles. The highest BCUT2D eigenvalue weighted by molar-refractivity contribution is 7.99. The lowest BCUT2D eigenvalue weighted by Gasteiger charge is -2.18. The van der Waals surface area contributed by atoms with Crippen molar-refractivity contribution in [3.05, 3.63) is 29.8 Å². The van der Waals surface area contributed by atoms with Crippen LogP contribution in [0, 0.1) is 0 Å². The Morgan fingerprint density at radius 3 is 2.55 bits per heavy atom. The Bertz CT molecular complexity index is 508. The molecule has 1 unspecified atom stereocenters. The van der Waals surface area contributed by atoms with Gasteiger partial charge in [-0.15, -0.1) is 0 Å². The van der Waals surface area contributed by atoms with Gasteiger partial charge in [0.15, 0.2) is 5.60 Å². The first-order chi connectivity index (χ1) is 9.24. The third-order valence-electron chi connectivity index (χ3n) is 2.40. The molecule has 1 amide bonds. The van der Waals surface area contributed by atoms with Gasteiger partial charge in [-0.3, -0.25) is 4.79 Å². The Morgan fingerprint density at radius 2 is 2.00 bits per heavy atom. The summed E-state index contributed by atoms with van der Waals surface area (Å²) in [5.74, 6) is -4.89. The van der Waals surface area contributed by atoms with Crippen molar-refractivity contribution in [2.45, 2.75) is 23.2 Å². The average molecular weight is 305 g/mol. The van der Waals surface area contributed by atoms with E-state index >= 15 is 0 Å². The van der Waals surface area contributed by atoms with Crippen LogP contribution < -0.4 is 5.32 Å². The lowest BCUT2D eigenvalue weighted by atomic mass is 10.1. The first kappa shape index (κ1) is 16.4. The number of hydrogen-bond donors (Lipinski definition) is 3. The van der Waals surface area contributed by atoms with Gasteiger partial charge in [0.05, 0.1) is 12.1 Å². The highest BCUT2D eigenvalue weighted by Gasteiger charge is 2.30. The molecule has 0 heterocycles. The minimum absolute atomic E-state index is 0.000936. The van der Waals surface area contributed by atoms with Gasteiger partial charge >= 0.3 is 5.97 Å². The summed E-state index contributed by atoms with van der Waals surface area (Å²) in [4.78, 5) is 22.6. The van der Waals surface area contributed by atoms with Gasteiger partial charge in [-0.2, -0.15) is 8.78 Å². The van der Waals surface area contributed by atoms with Crippen molar-refractivity contribution < 1.29 is 28.6 Å². The molecule has 1 aromatic carbocycles. The fraction of sp³-hybridized carbons (Fsp3) is 0.333. The number of nitrogens with one attached hydrogen (secondary N) is 1. The molecule has 0 saturated heterocycles. The van der Waals surface area contributed by atoms with E-state index in [2.05, 4.69) is 5.32 Å². The first-order valence-corrected chi connectivity index (χ1v) is 6.40. The number of carboxylic acids is 1. The molecule has 0 fully saturated rings. The number of rotatable bonds is 6. The molecule has 110 valence electrons. The maximum absolute atomic E-state index is 12.4. The van der Waals surface area contributed by atoms with Crippen LogP contribution in [0.4, 0.5) is 8.78 Å². The second-order valence-electron chi connectivity index (χ2n) is 4.14. The zero-order valence-corrected chi connectivity index (χ0v) is 11.3. The van der Waals surface area contributed by atoms with E-state index in [4.69, 9.17) is 5.11 Å². The van der Waals surface area contributed by atoms with Crippen molar-refractivity contribution in [2.24, 2.45) is 0 Å². The molecule has 0 saturated carbocycles. The second-order valence-corrected chi connectivity index (χ2v) is 5.17. The smallest absolute Gasteiger partial charge is 0.337 e. The highest BCUT2D eigenvalue weighted by atomic mass is 32.2. The molecule has 20 heavy (non-hydrogen) atoms. The van der Waals surface area contributed by atoms with Crippen LogP contribution in [0.3, 0.4) is 0 Å². The van der Waals surface area contributed by atoms with Crippen molar-refractivity contribution in [3.63, 3.8) is 0 Å². The van der Waals surface area contributed by atoms with E-state index in [0.29, 0.717) is 0 Å². The van der Waals surface area contributed by atoms with E-state index in [-0.39, 0.29) is 22.2 Å². The molecular weight excluding hydrogens is 292 g/mol. The largest absolute Gasteiger partial charge is 0.479 e. The Kier molecular flexibility index (Phi) is 5.46. The van der Waals surface area contributed by atoms with Crippen molar-refractivity contribution in [2.75, 3.05) is 6.54 Å². The summed E-state index contributed by atoms with van der Waals surface area (Å²) >= 11 is 0.220. The maximum Gasteiger partial charge on any atom is 0.337 e. The molecule has 3 N–H and O–H groups in total. The zero-order valence-electron chi connectivity index (χ0n) is 10.5. The molecule has 5 nitrogen and oxygen atoms in total. The van der Waals surface area contributed by atoms with Crippen molar-refractivity contribution in [1.82, 2.24) is 5.32 Å². The molecule has 0 bridgehead atoms. The van der Waals surface area contributed by atoms with Gasteiger partial charge in [-0.25, -0.2) is 4.79 Å². The molecule has 1 rings (SSSR count). The molecular formula is C12H13F2NO4S. The second kappa shape index (κ2) is 6.67. The predicted molar refractivity (Wildman–Crippen MR) is 68.9 cm³/mol. The summed E-state index contributed by atoms with van der Waals surface area (Å²) in [7, 11) is 0. The molecule has 0 aliphatic carbocycles. The van der Waals surface area contributed by atoms with Crippen molar-refractivity contribution in [1.29, 1.82) is 0 Å². The van der Waals surface area contributed by atoms with Crippen LogP contribution in [0.25, 0.3) is 0 Å². The Morgan fingerprint density at radius 1 is 1.40 bits per heavy atom. The quantitative estimate of drug-likeness (QED) is 0.694. The van der Waals surface area contributed by atoms with Gasteiger partial charge in [0.25, 0.3) is 11.7 Å². The van der Waals surface area contributed by atoms with Crippen LogP contribution in [0.5, 0.6) is 0 Å². The van der Waals surface area contributed by atoms with Crippen LogP contribution in [-0.4, -0.2) is 40.0 Å². The maximum atomic E-state index is 12.4. The van der Waals surface area contributed by atoms with Gasteiger partial charge in [-0.05, 0) is 19.1 Å². The van der Waals surface area contributed by atoms with Crippen LogP contribution in [0.15, 0.2) is 29.2 Å². The van der Waals surface area contributed by atoms with Crippen LogP contribution >= 0.6 is 11.8 Å². The van der Waals surface area contributed by atoms with E-state index in [0.717, 1.165) is 6.92 Å². The predicted octanol–water partition coefficient (Wildman–Crippen LogP) is 1.57. The Hall–Kier alpha value is -1.67. The monoisotopic (exact) mass is 305 g/mol. The Balaban J connectivity index is 2.80. The van der Waals surface area contributed by atoms with Gasteiger partial charge in [0.1, 0.15) is 0 Å². The highest BCUT2D eigenvalue weighted by Crippen LogP contribution is 2.28. The number of aliphatic hydroxyl groups is 1. The summed E-state index contributed by atoms with van der Waals surface area (Å²) in [5, 5.41) is 20.4. The van der Waals surface area contributed by atoms with E-state index in [1.165, 1.54) is 24.3 Å². The normalized spacial score (nSPS) is 13.8. The van der Waals surface area contributed by atoms with Crippen molar-refractivity contribution in [3.8, 4) is 0 Å². The number of aliphatic carboxylic acids is 1. The summed E-state index contributed by atoms with van der Waals surface area (Å²) in [5.41, 5.74) is -2.13. The summed E-state index contributed by atoms with van der Waals surface area (Å²) < 4.78 is 24.7. The van der Waals surface area contributed by atoms with E-state index in [9.17, 15) is 23.5 Å². The number of carbonyl (C=O) groups excluding carboxylic acids is 1. The van der Waals surface area contributed by atoms with Gasteiger partial charge in [0.2, 0.25) is 0 Å². The lowest BCUT2D eigenvalue weighted by Crippen LogP contribution is -2.46. The van der Waals surface area contributed by atoms with E-state index in [1.54, 1.807) is 0 Å². The van der Waals surface area contributed by atoms with Gasteiger partial charge in [-0.1, -0.05) is 23.9 Å². The fourth-order valence-corrected chi connectivity index (χ4v) is 1.91. The van der Waals surface area contributed by atoms with Gasteiger partial charge in [0, 0.05) is 4.90 Å². The minimum atomic E-state index is -2.67. The number of benzene rings is 1. The van der Waals surface area contributed by atoms with Crippen LogP contribution in [0.2, 0.25) is 0 Å². The average Bonchev–Trinajstić information content (AvgIpc) is 2.36. The third-order valence-corrected chi connectivity index (χ3v) is 3.19. The van der Waals surface area contributed by atoms with Crippen LogP contribution in [0.1, 0.15) is 17.3 Å². The number of alkyl halides is 2. The number of amides is 1. The van der Waals surface area contributed by atoms with E-state index in [1.807, 2.05) is 0 Å². The van der Waals surface area contributed by atoms with E-state index < -0.39 is 29.8 Å². The van der Waals surface area contributed by atoms with Gasteiger partial charge < -0.3 is 15.5 Å². The topological polar surface area (TPSA) is 86.6 Å². The summed E-state index contributed by atoms with van der Waals surface area (Å²) in [6.45, 7) is 0.490. The summed E-state index contributed by atoms with van der Waals surface area (Å²) in [6.07, 6.45) is 0. The fourth-order valence-electron chi connectivity index (χ4n) is 1.28. The number of hydrogen-bond acceptors (Lipinski definition) is 4. The van der Waals surface area contributed by atoms with Crippen molar-refractivity contribution >= 4 is 23.6 Å². The number of carbonyl (C=O) groups is 2. The SMILES string of the molecule is CC(O)(CNC(=O)c1ccccc1SC(F)F)C(=O)O. The standard InChI is InChI=1S/C12H13F2NO4S/c1-12(19,10(17)18)6-15-9(16)7-4-2-3-5-8(7)20-11(13)14/h2-5,11,19H,6H2,1H3,(H,15,16)(H,17,18).